The normalized spacial score (nSPS) is 10.4. The molecule has 17 heavy (non-hydrogen) atoms. The SMILES string of the molecule is N=Cc1cc(Cl)c(CCn2cccn2)cc1N. The average molecular weight is 249 g/mol. The molecule has 4 nitrogen and oxygen atoms in total. The van der Waals surface area contributed by atoms with E-state index in [2.05, 4.69) is 5.10 Å². The van der Waals surface area contributed by atoms with Crippen molar-refractivity contribution in [3.8, 4) is 0 Å². The maximum atomic E-state index is 7.19. The van der Waals surface area contributed by atoms with Crippen LogP contribution in [0.4, 0.5) is 5.69 Å². The molecule has 1 heterocycles. The second kappa shape index (κ2) is 5.01. The standard InChI is InChI=1S/C12H13ClN4/c13-11-6-10(8-14)12(15)7-9(11)2-5-17-4-1-3-16-17/h1,3-4,6-8,14H,2,5,15H2. The summed E-state index contributed by atoms with van der Waals surface area (Å²) < 4.78 is 1.84. The Bertz CT molecular complexity index is 520. The Labute approximate surface area is 105 Å². The van der Waals surface area contributed by atoms with E-state index in [9.17, 15) is 0 Å². The van der Waals surface area contributed by atoms with Crippen molar-refractivity contribution < 1.29 is 0 Å². The van der Waals surface area contributed by atoms with Crippen LogP contribution in [0.2, 0.25) is 5.02 Å². The highest BCUT2D eigenvalue weighted by Crippen LogP contribution is 2.23. The third-order valence-electron chi connectivity index (χ3n) is 2.58. The Kier molecular flexibility index (Phi) is 3.44. The second-order valence-electron chi connectivity index (χ2n) is 3.74. The van der Waals surface area contributed by atoms with Crippen LogP contribution in [0.25, 0.3) is 0 Å². The molecule has 5 heteroatoms. The molecule has 0 bridgehead atoms. The van der Waals surface area contributed by atoms with Gasteiger partial charge in [-0.1, -0.05) is 11.6 Å². The largest absolute Gasteiger partial charge is 0.398 e. The molecule has 88 valence electrons. The lowest BCUT2D eigenvalue weighted by molar-refractivity contribution is 0.615. The van der Waals surface area contributed by atoms with Gasteiger partial charge in [0.1, 0.15) is 0 Å². The number of hydrogen-bond acceptors (Lipinski definition) is 3. The van der Waals surface area contributed by atoms with Crippen molar-refractivity contribution in [3.63, 3.8) is 0 Å². The first kappa shape index (κ1) is 11.7. The fraction of sp³-hybridized carbons (Fsp3) is 0.167. The molecule has 0 aliphatic heterocycles. The summed E-state index contributed by atoms with van der Waals surface area (Å²) in [7, 11) is 0. The molecule has 0 atom stereocenters. The highest BCUT2D eigenvalue weighted by molar-refractivity contribution is 6.31. The van der Waals surface area contributed by atoms with Gasteiger partial charge in [0, 0.05) is 41.4 Å². The summed E-state index contributed by atoms with van der Waals surface area (Å²) in [5, 5.41) is 12.0. The lowest BCUT2D eigenvalue weighted by Crippen LogP contribution is -2.03. The lowest BCUT2D eigenvalue weighted by Gasteiger charge is -2.08. The third-order valence-corrected chi connectivity index (χ3v) is 2.93. The highest BCUT2D eigenvalue weighted by atomic mass is 35.5. The number of rotatable bonds is 4. The molecule has 2 rings (SSSR count). The zero-order valence-corrected chi connectivity index (χ0v) is 9.98. The topological polar surface area (TPSA) is 67.7 Å². The number of anilines is 1. The molecule has 0 aliphatic carbocycles. The first-order chi connectivity index (χ1) is 8.20. The summed E-state index contributed by atoms with van der Waals surface area (Å²) in [6.07, 6.45) is 5.62. The molecule has 1 aromatic heterocycles. The number of aromatic nitrogens is 2. The number of aryl methyl sites for hydroxylation is 2. The van der Waals surface area contributed by atoms with Crippen molar-refractivity contribution in [2.45, 2.75) is 13.0 Å². The van der Waals surface area contributed by atoms with Gasteiger partial charge in [-0.15, -0.1) is 0 Å². The molecule has 0 saturated heterocycles. The van der Waals surface area contributed by atoms with Crippen molar-refractivity contribution in [2.75, 3.05) is 5.73 Å². The summed E-state index contributed by atoms with van der Waals surface area (Å²) in [4.78, 5) is 0. The van der Waals surface area contributed by atoms with E-state index in [-0.39, 0.29) is 0 Å². The number of hydrogen-bond donors (Lipinski definition) is 2. The molecule has 2 aromatic rings. The molecule has 0 spiro atoms. The summed E-state index contributed by atoms with van der Waals surface area (Å²) >= 11 is 6.13. The van der Waals surface area contributed by atoms with Gasteiger partial charge in [0.15, 0.2) is 0 Å². The summed E-state index contributed by atoms with van der Waals surface area (Å²) in [6.45, 7) is 0.760. The van der Waals surface area contributed by atoms with Crippen LogP contribution in [0.1, 0.15) is 11.1 Å². The van der Waals surface area contributed by atoms with Crippen LogP contribution in [0, 0.1) is 5.41 Å². The van der Waals surface area contributed by atoms with E-state index in [1.54, 1.807) is 12.3 Å². The Hall–Kier alpha value is -1.81. The zero-order valence-electron chi connectivity index (χ0n) is 9.23. The molecular formula is C12H13ClN4. The average Bonchev–Trinajstić information content (AvgIpc) is 2.82. The molecule has 0 amide bonds. The number of benzene rings is 1. The Morgan fingerprint density at radius 3 is 2.94 bits per heavy atom. The van der Waals surface area contributed by atoms with Gasteiger partial charge in [-0.2, -0.15) is 5.10 Å². The van der Waals surface area contributed by atoms with Crippen LogP contribution < -0.4 is 5.73 Å². The van der Waals surface area contributed by atoms with E-state index in [0.29, 0.717) is 16.3 Å². The van der Waals surface area contributed by atoms with Crippen LogP contribution in [-0.4, -0.2) is 16.0 Å². The molecular weight excluding hydrogens is 236 g/mol. The number of nitrogen functional groups attached to an aromatic ring is 1. The van der Waals surface area contributed by atoms with E-state index < -0.39 is 0 Å². The fourth-order valence-electron chi connectivity index (χ4n) is 1.64. The summed E-state index contributed by atoms with van der Waals surface area (Å²) in [5.41, 5.74) is 8.03. The van der Waals surface area contributed by atoms with E-state index in [0.717, 1.165) is 18.5 Å². The number of nitrogens with two attached hydrogens (primary N) is 1. The van der Waals surface area contributed by atoms with Gasteiger partial charge in [-0.25, -0.2) is 0 Å². The van der Waals surface area contributed by atoms with Crippen molar-refractivity contribution in [2.24, 2.45) is 0 Å². The van der Waals surface area contributed by atoms with Gasteiger partial charge in [-0.05, 0) is 30.2 Å². The molecule has 0 aliphatic rings. The first-order valence-electron chi connectivity index (χ1n) is 5.26. The molecule has 0 unspecified atom stereocenters. The number of nitrogens with one attached hydrogen (secondary N) is 1. The van der Waals surface area contributed by atoms with Gasteiger partial charge < -0.3 is 11.1 Å². The van der Waals surface area contributed by atoms with Crippen molar-refractivity contribution in [3.05, 3.63) is 46.7 Å². The quantitative estimate of drug-likeness (QED) is 0.644. The Morgan fingerprint density at radius 1 is 1.47 bits per heavy atom. The van der Waals surface area contributed by atoms with Gasteiger partial charge in [-0.3, -0.25) is 4.68 Å². The van der Waals surface area contributed by atoms with E-state index in [4.69, 9.17) is 22.7 Å². The Balaban J connectivity index is 2.16. The van der Waals surface area contributed by atoms with Crippen molar-refractivity contribution >= 4 is 23.5 Å². The summed E-state index contributed by atoms with van der Waals surface area (Å²) in [6, 6.07) is 5.43. The minimum absolute atomic E-state index is 0.583. The highest BCUT2D eigenvalue weighted by Gasteiger charge is 2.05. The Morgan fingerprint density at radius 2 is 2.29 bits per heavy atom. The molecule has 1 aromatic carbocycles. The zero-order chi connectivity index (χ0) is 12.3. The van der Waals surface area contributed by atoms with Gasteiger partial charge in [0.2, 0.25) is 0 Å². The van der Waals surface area contributed by atoms with Crippen molar-refractivity contribution in [1.29, 1.82) is 5.41 Å². The lowest BCUT2D eigenvalue weighted by atomic mass is 10.1. The fourth-order valence-corrected chi connectivity index (χ4v) is 1.90. The predicted octanol–water partition coefficient (Wildman–Crippen LogP) is 2.36. The second-order valence-corrected chi connectivity index (χ2v) is 4.14. The van der Waals surface area contributed by atoms with Crippen LogP contribution in [0.5, 0.6) is 0 Å². The molecule has 0 radical (unpaired) electrons. The molecule has 3 N–H and O–H groups in total. The monoisotopic (exact) mass is 248 g/mol. The minimum atomic E-state index is 0.583. The summed E-state index contributed by atoms with van der Waals surface area (Å²) in [5.74, 6) is 0. The van der Waals surface area contributed by atoms with Gasteiger partial charge in [0.25, 0.3) is 0 Å². The van der Waals surface area contributed by atoms with Crippen molar-refractivity contribution in [1.82, 2.24) is 9.78 Å². The number of nitrogens with zero attached hydrogens (tertiary/aromatic N) is 2. The van der Waals surface area contributed by atoms with Crippen LogP contribution >= 0.6 is 11.6 Å². The van der Waals surface area contributed by atoms with Crippen LogP contribution in [0.15, 0.2) is 30.6 Å². The van der Waals surface area contributed by atoms with E-state index in [1.165, 1.54) is 6.21 Å². The van der Waals surface area contributed by atoms with E-state index >= 15 is 0 Å². The third kappa shape index (κ3) is 2.65. The van der Waals surface area contributed by atoms with Crippen LogP contribution in [-0.2, 0) is 13.0 Å². The maximum Gasteiger partial charge on any atom is 0.0489 e. The smallest absolute Gasteiger partial charge is 0.0489 e. The number of halogens is 1. The van der Waals surface area contributed by atoms with Gasteiger partial charge >= 0.3 is 0 Å². The maximum absolute atomic E-state index is 7.19. The predicted molar refractivity (Wildman–Crippen MR) is 69.7 cm³/mol. The van der Waals surface area contributed by atoms with E-state index in [1.807, 2.05) is 23.0 Å². The first-order valence-corrected chi connectivity index (χ1v) is 5.64. The molecule has 0 fully saturated rings. The van der Waals surface area contributed by atoms with Crippen LogP contribution in [0.3, 0.4) is 0 Å². The minimum Gasteiger partial charge on any atom is -0.398 e. The molecule has 0 saturated carbocycles. The van der Waals surface area contributed by atoms with Gasteiger partial charge in [0.05, 0.1) is 0 Å².